The molecule has 5 nitrogen and oxygen atoms in total. The number of nitrogens with zero attached hydrogens (tertiary/aromatic N) is 2. The molecule has 1 aromatic carbocycles. The van der Waals surface area contributed by atoms with E-state index in [9.17, 15) is 9.90 Å². The molecule has 0 aliphatic rings. The van der Waals surface area contributed by atoms with Crippen molar-refractivity contribution in [2.75, 3.05) is 6.54 Å². The van der Waals surface area contributed by atoms with Crippen molar-refractivity contribution < 1.29 is 5.11 Å². The summed E-state index contributed by atoms with van der Waals surface area (Å²) in [6.45, 7) is 1.08. The Kier molecular flexibility index (Phi) is 2.87. The van der Waals surface area contributed by atoms with E-state index in [1.54, 1.807) is 6.07 Å². The first kappa shape index (κ1) is 10.6. The summed E-state index contributed by atoms with van der Waals surface area (Å²) in [5.41, 5.74) is 5.83. The molecule has 0 radical (unpaired) electrons. The van der Waals surface area contributed by atoms with Crippen LogP contribution in [-0.2, 0) is 6.54 Å². The molecule has 0 spiro atoms. The maximum absolute atomic E-state index is 12.0. The largest absolute Gasteiger partial charge is 0.508 e. The molecule has 84 valence electrons. The Morgan fingerprint density at radius 2 is 2.25 bits per heavy atom. The Morgan fingerprint density at radius 3 is 3.00 bits per heavy atom. The molecule has 16 heavy (non-hydrogen) atoms. The zero-order valence-corrected chi connectivity index (χ0v) is 8.76. The van der Waals surface area contributed by atoms with Gasteiger partial charge in [0.25, 0.3) is 5.56 Å². The van der Waals surface area contributed by atoms with Crippen LogP contribution in [0.15, 0.2) is 29.3 Å². The van der Waals surface area contributed by atoms with E-state index in [-0.39, 0.29) is 11.3 Å². The monoisotopic (exact) mass is 219 g/mol. The quantitative estimate of drug-likeness (QED) is 0.785. The van der Waals surface area contributed by atoms with Crippen LogP contribution in [0.25, 0.3) is 10.9 Å². The fraction of sp³-hybridized carbons (Fsp3) is 0.273. The minimum Gasteiger partial charge on any atom is -0.508 e. The molecule has 1 heterocycles. The lowest BCUT2D eigenvalue weighted by Gasteiger charge is -2.05. The third-order valence-corrected chi connectivity index (χ3v) is 2.41. The van der Waals surface area contributed by atoms with Crippen LogP contribution in [0.1, 0.15) is 6.42 Å². The van der Waals surface area contributed by atoms with E-state index in [0.717, 1.165) is 6.42 Å². The number of hydrogen-bond acceptors (Lipinski definition) is 4. The summed E-state index contributed by atoms with van der Waals surface area (Å²) >= 11 is 0. The number of hydrogen-bond donors (Lipinski definition) is 2. The topological polar surface area (TPSA) is 81.1 Å². The highest BCUT2D eigenvalue weighted by molar-refractivity contribution is 5.78. The molecule has 0 bridgehead atoms. The molecule has 5 heteroatoms. The second-order valence-electron chi connectivity index (χ2n) is 3.59. The predicted molar refractivity (Wildman–Crippen MR) is 61.3 cm³/mol. The Labute approximate surface area is 92.2 Å². The number of rotatable bonds is 3. The van der Waals surface area contributed by atoms with Crippen LogP contribution in [0.5, 0.6) is 5.75 Å². The lowest BCUT2D eigenvalue weighted by molar-refractivity contribution is 0.476. The Hall–Kier alpha value is -1.88. The molecule has 0 amide bonds. The molecule has 0 atom stereocenters. The van der Waals surface area contributed by atoms with Crippen LogP contribution < -0.4 is 11.3 Å². The van der Waals surface area contributed by atoms with Crippen molar-refractivity contribution in [2.45, 2.75) is 13.0 Å². The van der Waals surface area contributed by atoms with Crippen LogP contribution in [-0.4, -0.2) is 21.2 Å². The minimum absolute atomic E-state index is 0.0722. The fourth-order valence-corrected chi connectivity index (χ4v) is 1.57. The first-order valence-electron chi connectivity index (χ1n) is 5.10. The van der Waals surface area contributed by atoms with Gasteiger partial charge < -0.3 is 10.8 Å². The van der Waals surface area contributed by atoms with E-state index in [2.05, 4.69) is 4.98 Å². The van der Waals surface area contributed by atoms with Gasteiger partial charge in [-0.2, -0.15) is 0 Å². The minimum atomic E-state index is -0.144. The molecule has 0 saturated heterocycles. The van der Waals surface area contributed by atoms with Crippen molar-refractivity contribution in [1.82, 2.24) is 9.55 Å². The molecule has 0 fully saturated rings. The van der Waals surface area contributed by atoms with Gasteiger partial charge in [0.1, 0.15) is 5.75 Å². The van der Waals surface area contributed by atoms with Gasteiger partial charge in [0, 0.05) is 6.54 Å². The van der Waals surface area contributed by atoms with Gasteiger partial charge in [-0.1, -0.05) is 0 Å². The van der Waals surface area contributed by atoms with Crippen molar-refractivity contribution in [2.24, 2.45) is 5.73 Å². The average molecular weight is 219 g/mol. The first-order chi connectivity index (χ1) is 7.72. The maximum Gasteiger partial charge on any atom is 0.261 e. The normalized spacial score (nSPS) is 10.8. The molecule has 1 aromatic heterocycles. The van der Waals surface area contributed by atoms with Crippen LogP contribution in [0, 0.1) is 0 Å². The Bertz CT molecular complexity index is 563. The van der Waals surface area contributed by atoms with E-state index in [4.69, 9.17) is 5.73 Å². The number of aromatic hydroxyl groups is 1. The van der Waals surface area contributed by atoms with Gasteiger partial charge in [-0.25, -0.2) is 4.98 Å². The first-order valence-corrected chi connectivity index (χ1v) is 5.10. The third kappa shape index (κ3) is 1.90. The Balaban J connectivity index is 2.55. The summed E-state index contributed by atoms with van der Waals surface area (Å²) in [4.78, 5) is 16.1. The number of phenols is 1. The van der Waals surface area contributed by atoms with Gasteiger partial charge in [-0.15, -0.1) is 0 Å². The van der Waals surface area contributed by atoms with Crippen molar-refractivity contribution in [3.63, 3.8) is 0 Å². The van der Waals surface area contributed by atoms with Gasteiger partial charge >= 0.3 is 0 Å². The van der Waals surface area contributed by atoms with Crippen molar-refractivity contribution in [1.29, 1.82) is 0 Å². The zero-order valence-electron chi connectivity index (χ0n) is 8.76. The SMILES string of the molecule is NCCCn1cnc2ccc(O)cc2c1=O. The summed E-state index contributed by atoms with van der Waals surface area (Å²) in [5, 5.41) is 9.76. The fourth-order valence-electron chi connectivity index (χ4n) is 1.57. The van der Waals surface area contributed by atoms with E-state index in [0.29, 0.717) is 24.0 Å². The summed E-state index contributed by atoms with van der Waals surface area (Å²) in [7, 11) is 0. The zero-order chi connectivity index (χ0) is 11.5. The van der Waals surface area contributed by atoms with E-state index >= 15 is 0 Å². The second-order valence-corrected chi connectivity index (χ2v) is 3.59. The van der Waals surface area contributed by atoms with Crippen LogP contribution in [0.4, 0.5) is 0 Å². The van der Waals surface area contributed by atoms with E-state index in [1.807, 2.05) is 0 Å². The predicted octanol–water partition coefficient (Wildman–Crippen LogP) is 0.451. The molecule has 0 saturated carbocycles. The molecule has 3 N–H and O–H groups in total. The highest BCUT2D eigenvalue weighted by Crippen LogP contribution is 2.14. The second kappa shape index (κ2) is 4.32. The van der Waals surface area contributed by atoms with Crippen molar-refractivity contribution in [3.05, 3.63) is 34.9 Å². The number of aryl methyl sites for hydroxylation is 1. The van der Waals surface area contributed by atoms with Crippen LogP contribution in [0.3, 0.4) is 0 Å². The summed E-state index contributed by atoms with van der Waals surface area (Å²) < 4.78 is 1.51. The highest BCUT2D eigenvalue weighted by atomic mass is 16.3. The molecular formula is C11H13N3O2. The molecular weight excluding hydrogens is 206 g/mol. The smallest absolute Gasteiger partial charge is 0.261 e. The Morgan fingerprint density at radius 1 is 1.44 bits per heavy atom. The molecule has 0 unspecified atom stereocenters. The summed E-state index contributed by atoms with van der Waals surface area (Å²) in [5.74, 6) is 0.0722. The molecule has 0 aliphatic heterocycles. The highest BCUT2D eigenvalue weighted by Gasteiger charge is 2.04. The molecule has 0 aliphatic carbocycles. The number of benzene rings is 1. The standard InChI is InChI=1S/C11H13N3O2/c12-4-1-5-14-7-13-10-3-2-8(15)6-9(10)11(14)16/h2-3,6-7,15H,1,4-5,12H2. The lowest BCUT2D eigenvalue weighted by atomic mass is 10.2. The molecule has 2 aromatic rings. The maximum atomic E-state index is 12.0. The number of phenolic OH excluding ortho intramolecular Hbond substituents is 1. The van der Waals surface area contributed by atoms with Gasteiger partial charge in [0.15, 0.2) is 0 Å². The van der Waals surface area contributed by atoms with Crippen molar-refractivity contribution >= 4 is 10.9 Å². The number of aromatic nitrogens is 2. The van der Waals surface area contributed by atoms with Crippen molar-refractivity contribution in [3.8, 4) is 5.75 Å². The average Bonchev–Trinajstić information content (AvgIpc) is 2.29. The number of nitrogens with two attached hydrogens (primary N) is 1. The summed E-state index contributed by atoms with van der Waals surface area (Å²) in [6, 6.07) is 4.57. The van der Waals surface area contributed by atoms with Gasteiger partial charge in [0.05, 0.1) is 17.2 Å². The van der Waals surface area contributed by atoms with Crippen LogP contribution >= 0.6 is 0 Å². The van der Waals surface area contributed by atoms with E-state index < -0.39 is 0 Å². The van der Waals surface area contributed by atoms with Gasteiger partial charge in [-0.05, 0) is 31.2 Å². The van der Waals surface area contributed by atoms with Gasteiger partial charge in [-0.3, -0.25) is 9.36 Å². The lowest BCUT2D eigenvalue weighted by Crippen LogP contribution is -2.21. The van der Waals surface area contributed by atoms with Gasteiger partial charge in [0.2, 0.25) is 0 Å². The third-order valence-electron chi connectivity index (χ3n) is 2.41. The van der Waals surface area contributed by atoms with Crippen LogP contribution in [0.2, 0.25) is 0 Å². The van der Waals surface area contributed by atoms with E-state index in [1.165, 1.54) is 23.0 Å². The molecule has 2 rings (SSSR count). The summed E-state index contributed by atoms with van der Waals surface area (Å²) in [6.07, 6.45) is 2.24. The number of fused-ring (bicyclic) bond motifs is 1.